The Bertz CT molecular complexity index is 1440. The van der Waals surface area contributed by atoms with Crippen LogP contribution >= 0.6 is 0 Å². The number of likely N-dealkylation sites (N-methyl/N-ethyl adjacent to an activating group) is 1. The summed E-state index contributed by atoms with van der Waals surface area (Å²) in [6.45, 7) is -3.04. The number of alkyl halides is 17. The SMILES string of the molecule is CCN(CCNCCNCCNc1nc(=O)[nH]c(=O)[nH]1)S(=O)(=O)C(F)(F)C(F)(F)C(F)(F)C(F)(F)C(F)(F)C(F)(F)C(F)(F)C(F)(F)F. The van der Waals surface area contributed by atoms with Gasteiger partial charge in [0.25, 0.3) is 10.0 Å². The zero-order valence-electron chi connectivity index (χ0n) is 23.3. The molecule has 0 aliphatic rings. The van der Waals surface area contributed by atoms with Gasteiger partial charge in [-0.1, -0.05) is 6.92 Å². The lowest BCUT2D eigenvalue weighted by Gasteiger charge is -2.43. The lowest BCUT2D eigenvalue weighted by Crippen LogP contribution is -2.75. The molecule has 11 nitrogen and oxygen atoms in total. The van der Waals surface area contributed by atoms with Gasteiger partial charge in [-0.25, -0.2) is 18.0 Å². The van der Waals surface area contributed by atoms with Crippen LogP contribution in [0.1, 0.15) is 6.92 Å². The standard InChI is InChI=1S/C19H22F17N7O4S/c1-2-43(8-7-38-4-3-37-5-6-39-9-40-10(44)42-11(45)41-9)48(46,47)19(35,36)17(30,31)15(26,27)13(22,23)12(20,21)14(24,25)16(28,29)18(32,33)34/h37-38H,2-8H2,1H3,(H3,39,40,41,42,44,45). The Morgan fingerprint density at radius 2 is 1.04 bits per heavy atom. The molecule has 1 heterocycles. The summed E-state index contributed by atoms with van der Waals surface area (Å²) in [6.07, 6.45) is -7.91. The Kier molecular flexibility index (Phi) is 12.7. The smallest absolute Gasteiger partial charge is 0.354 e. The Hall–Kier alpha value is -2.95. The number of aromatic nitrogens is 3. The number of sulfonamides is 1. The van der Waals surface area contributed by atoms with E-state index in [0.29, 0.717) is 6.92 Å². The average molecular weight is 767 g/mol. The van der Waals surface area contributed by atoms with E-state index in [1.807, 2.05) is 0 Å². The van der Waals surface area contributed by atoms with Gasteiger partial charge in [0.2, 0.25) is 5.95 Å². The molecule has 0 atom stereocenters. The van der Waals surface area contributed by atoms with Crippen molar-refractivity contribution >= 4 is 16.0 Å². The zero-order chi connectivity index (χ0) is 38.0. The van der Waals surface area contributed by atoms with E-state index in [4.69, 9.17) is 0 Å². The second kappa shape index (κ2) is 14.1. The molecule has 0 aliphatic carbocycles. The lowest BCUT2D eigenvalue weighted by molar-refractivity contribution is -0.458. The third-order valence-electron chi connectivity index (χ3n) is 5.99. The molecule has 0 saturated heterocycles. The minimum Gasteiger partial charge on any atom is -0.354 e. The molecular weight excluding hydrogens is 745 g/mol. The first kappa shape index (κ1) is 43.1. The molecule has 1 rings (SSSR count). The van der Waals surface area contributed by atoms with Crippen molar-refractivity contribution in [2.75, 3.05) is 51.1 Å². The number of hydrogen-bond donors (Lipinski definition) is 5. The maximum Gasteiger partial charge on any atom is 0.460 e. The van der Waals surface area contributed by atoms with E-state index in [9.17, 15) is 92.6 Å². The Morgan fingerprint density at radius 1 is 0.625 bits per heavy atom. The van der Waals surface area contributed by atoms with E-state index in [1.54, 1.807) is 4.98 Å². The topological polar surface area (TPSA) is 152 Å². The molecule has 0 aromatic carbocycles. The van der Waals surface area contributed by atoms with Gasteiger partial charge in [-0.15, -0.1) is 0 Å². The van der Waals surface area contributed by atoms with Gasteiger partial charge in [-0.05, 0) is 0 Å². The summed E-state index contributed by atoms with van der Waals surface area (Å²) in [7, 11) is -7.37. The largest absolute Gasteiger partial charge is 0.460 e. The summed E-state index contributed by atoms with van der Waals surface area (Å²) in [5, 5.41) is -0.119. The first-order valence-electron chi connectivity index (χ1n) is 12.4. The molecule has 0 fully saturated rings. The summed E-state index contributed by atoms with van der Waals surface area (Å²) < 4.78 is 253. The van der Waals surface area contributed by atoms with Gasteiger partial charge in [-0.2, -0.15) is 83.9 Å². The van der Waals surface area contributed by atoms with Crippen molar-refractivity contribution in [3.05, 3.63) is 21.0 Å². The molecular formula is C19H22F17N7O4S. The maximum absolute atomic E-state index is 14.4. The zero-order valence-corrected chi connectivity index (χ0v) is 24.1. The second-order valence-electron chi connectivity index (χ2n) is 9.23. The van der Waals surface area contributed by atoms with Crippen LogP contribution in [-0.2, 0) is 10.0 Å². The van der Waals surface area contributed by atoms with Crippen LogP contribution in [-0.4, -0.2) is 120 Å². The van der Waals surface area contributed by atoms with Gasteiger partial charge in [0.05, 0.1) is 0 Å². The van der Waals surface area contributed by atoms with E-state index in [0.717, 1.165) is 0 Å². The van der Waals surface area contributed by atoms with E-state index in [1.165, 1.54) is 0 Å². The van der Waals surface area contributed by atoms with Crippen LogP contribution in [0.25, 0.3) is 0 Å². The molecule has 0 spiro atoms. The maximum atomic E-state index is 14.4. The Morgan fingerprint density at radius 3 is 1.48 bits per heavy atom. The van der Waals surface area contributed by atoms with Gasteiger partial charge < -0.3 is 16.0 Å². The Labute approximate surface area is 255 Å². The number of H-pyrrole nitrogens is 2. The van der Waals surface area contributed by atoms with Crippen molar-refractivity contribution in [1.29, 1.82) is 0 Å². The molecule has 1 aromatic rings. The normalized spacial score (nSPS) is 14.9. The van der Waals surface area contributed by atoms with E-state index in [-0.39, 0.29) is 32.1 Å². The molecule has 5 N–H and O–H groups in total. The number of aromatic amines is 2. The molecule has 0 unspecified atom stereocenters. The van der Waals surface area contributed by atoms with E-state index >= 15 is 0 Å². The first-order valence-corrected chi connectivity index (χ1v) is 13.8. The quantitative estimate of drug-likeness (QED) is 0.107. The van der Waals surface area contributed by atoms with Crippen molar-refractivity contribution in [2.24, 2.45) is 0 Å². The molecule has 0 aliphatic heterocycles. The predicted octanol–water partition coefficient (Wildman–Crippen LogP) is 2.67. The molecule has 282 valence electrons. The first-order chi connectivity index (χ1) is 21.3. The van der Waals surface area contributed by atoms with Crippen molar-refractivity contribution in [3.63, 3.8) is 0 Å². The highest BCUT2D eigenvalue weighted by atomic mass is 32.2. The van der Waals surface area contributed by atoms with Crippen molar-refractivity contribution in [1.82, 2.24) is 29.9 Å². The van der Waals surface area contributed by atoms with Gasteiger partial charge in [0.15, 0.2) is 0 Å². The molecule has 0 saturated carbocycles. The third-order valence-corrected chi connectivity index (χ3v) is 8.01. The summed E-state index contributed by atoms with van der Waals surface area (Å²) >= 11 is 0. The highest BCUT2D eigenvalue weighted by Gasteiger charge is 2.96. The van der Waals surface area contributed by atoms with Crippen LogP contribution in [0.2, 0.25) is 0 Å². The van der Waals surface area contributed by atoms with Crippen molar-refractivity contribution in [3.8, 4) is 0 Å². The fourth-order valence-corrected chi connectivity index (χ4v) is 4.75. The third kappa shape index (κ3) is 7.45. The fourth-order valence-electron chi connectivity index (χ4n) is 3.30. The van der Waals surface area contributed by atoms with E-state index in [2.05, 4.69) is 25.9 Å². The average Bonchev–Trinajstić information content (AvgIpc) is 2.92. The fraction of sp³-hybridized carbons (Fsp3) is 0.842. The van der Waals surface area contributed by atoms with Crippen molar-refractivity contribution in [2.45, 2.75) is 53.9 Å². The molecule has 0 bridgehead atoms. The summed E-state index contributed by atoms with van der Waals surface area (Å²) in [6, 6.07) is 0. The van der Waals surface area contributed by atoms with E-state index < -0.39 is 92.3 Å². The number of nitrogens with one attached hydrogen (secondary N) is 5. The molecule has 48 heavy (non-hydrogen) atoms. The number of halogens is 17. The minimum atomic E-state index is -8.89. The molecule has 1 aromatic heterocycles. The van der Waals surface area contributed by atoms with Crippen LogP contribution in [0.4, 0.5) is 80.6 Å². The number of nitrogens with zero attached hydrogens (tertiary/aromatic N) is 2. The highest BCUT2D eigenvalue weighted by Crippen LogP contribution is 2.64. The summed E-state index contributed by atoms with van der Waals surface area (Å²) in [4.78, 5) is 29.4. The predicted molar refractivity (Wildman–Crippen MR) is 127 cm³/mol. The van der Waals surface area contributed by atoms with Crippen LogP contribution in [0.5, 0.6) is 0 Å². The Balaban J connectivity index is 3.03. The van der Waals surface area contributed by atoms with Crippen LogP contribution in [0.15, 0.2) is 9.59 Å². The number of rotatable bonds is 19. The molecule has 0 amide bonds. The number of anilines is 1. The van der Waals surface area contributed by atoms with Crippen LogP contribution in [0.3, 0.4) is 0 Å². The minimum absolute atomic E-state index is 0.0234. The highest BCUT2D eigenvalue weighted by molar-refractivity contribution is 7.90. The van der Waals surface area contributed by atoms with Crippen LogP contribution in [0, 0.1) is 0 Å². The van der Waals surface area contributed by atoms with Crippen LogP contribution < -0.4 is 27.3 Å². The second-order valence-corrected chi connectivity index (χ2v) is 11.2. The van der Waals surface area contributed by atoms with Gasteiger partial charge in [-0.3, -0.25) is 9.97 Å². The molecule has 29 heteroatoms. The number of hydrogen-bond acceptors (Lipinski definition) is 8. The summed E-state index contributed by atoms with van der Waals surface area (Å²) in [5.74, 6) is -52.1. The monoisotopic (exact) mass is 767 g/mol. The van der Waals surface area contributed by atoms with Gasteiger partial charge >= 0.3 is 58.3 Å². The van der Waals surface area contributed by atoms with Crippen molar-refractivity contribution < 1.29 is 83.1 Å². The van der Waals surface area contributed by atoms with Gasteiger partial charge in [0.1, 0.15) is 0 Å². The lowest BCUT2D eigenvalue weighted by atomic mass is 9.91. The van der Waals surface area contributed by atoms with Gasteiger partial charge in [0, 0.05) is 45.8 Å². The summed E-state index contributed by atoms with van der Waals surface area (Å²) in [5.41, 5.74) is -1.86. The molecule has 0 radical (unpaired) electrons.